The molecule has 5 rings (SSSR count). The number of aromatic amines is 1. The van der Waals surface area contributed by atoms with E-state index in [2.05, 4.69) is 25.6 Å². The number of halogens is 1. The molecule has 4 aromatic rings. The molecule has 0 spiro atoms. The van der Waals surface area contributed by atoms with Gasteiger partial charge in [0.05, 0.1) is 28.7 Å². The molecule has 1 aromatic carbocycles. The monoisotopic (exact) mass is 421 g/mol. The maximum atomic E-state index is 12.2. The van der Waals surface area contributed by atoms with Gasteiger partial charge in [0.1, 0.15) is 5.82 Å². The molecule has 0 radical (unpaired) electrons. The minimum Gasteiger partial charge on any atom is -0.459 e. The summed E-state index contributed by atoms with van der Waals surface area (Å²) in [6.07, 6.45) is 4.88. The normalized spacial score (nSPS) is 13.4. The molecule has 1 fully saturated rings. The van der Waals surface area contributed by atoms with Crippen LogP contribution in [-0.4, -0.2) is 26.8 Å². The molecular weight excluding hydrogens is 406 g/mol. The number of hydrogen-bond donors (Lipinski definition) is 3. The van der Waals surface area contributed by atoms with Crippen molar-refractivity contribution in [1.29, 1.82) is 0 Å². The maximum Gasteiger partial charge on any atom is 0.291 e. The van der Waals surface area contributed by atoms with Gasteiger partial charge in [0.2, 0.25) is 5.91 Å². The van der Waals surface area contributed by atoms with E-state index in [1.54, 1.807) is 42.6 Å². The molecule has 3 N–H and O–H groups in total. The average molecular weight is 422 g/mol. The summed E-state index contributed by atoms with van der Waals surface area (Å²) in [5.41, 5.74) is 2.92. The predicted molar refractivity (Wildman–Crippen MR) is 112 cm³/mol. The van der Waals surface area contributed by atoms with Gasteiger partial charge in [-0.25, -0.2) is 9.97 Å². The average Bonchev–Trinajstić information content (AvgIpc) is 3.28. The number of nitrogens with one attached hydrogen (secondary N) is 3. The number of H-pyrrole nitrogens is 1. The van der Waals surface area contributed by atoms with Crippen molar-refractivity contribution in [2.75, 3.05) is 10.6 Å². The largest absolute Gasteiger partial charge is 0.459 e. The molecule has 3 aromatic heterocycles. The fourth-order valence-electron chi connectivity index (χ4n) is 3.07. The standard InChI is InChI=1S/C21H16ClN5O3/c22-15-6-5-12(24-21(29)17-2-1-7-30-17)8-14(15)18-26-16-9-13(10-23-19(16)27-18)25-20(28)11-3-4-11/h1-2,5-11H,3-4H2,(H,24,29)(H,25,28)(H,23,26,27). The van der Waals surface area contributed by atoms with Gasteiger partial charge < -0.3 is 20.0 Å². The second-order valence-corrected chi connectivity index (χ2v) is 7.48. The molecule has 3 heterocycles. The van der Waals surface area contributed by atoms with Gasteiger partial charge >= 0.3 is 0 Å². The first kappa shape index (κ1) is 18.4. The highest BCUT2D eigenvalue weighted by Gasteiger charge is 2.29. The van der Waals surface area contributed by atoms with Crippen LogP contribution in [0.15, 0.2) is 53.3 Å². The third-order valence-electron chi connectivity index (χ3n) is 4.78. The number of anilines is 2. The molecule has 150 valence electrons. The van der Waals surface area contributed by atoms with Crippen LogP contribution < -0.4 is 10.6 Å². The van der Waals surface area contributed by atoms with Gasteiger partial charge in [0.25, 0.3) is 5.91 Å². The molecule has 2 amide bonds. The van der Waals surface area contributed by atoms with Gasteiger partial charge in [-0.15, -0.1) is 0 Å². The van der Waals surface area contributed by atoms with E-state index < -0.39 is 0 Å². The van der Waals surface area contributed by atoms with Crippen LogP contribution in [0.5, 0.6) is 0 Å². The lowest BCUT2D eigenvalue weighted by Gasteiger charge is -2.07. The highest BCUT2D eigenvalue weighted by Crippen LogP contribution is 2.32. The number of carbonyl (C=O) groups is 2. The minimum absolute atomic E-state index is 0.0129. The SMILES string of the molecule is O=C(Nc1ccc(Cl)c(-c2nc3ncc(NC(=O)C4CC4)cc3[nH]2)c1)c1ccco1. The van der Waals surface area contributed by atoms with E-state index >= 15 is 0 Å². The summed E-state index contributed by atoms with van der Waals surface area (Å²) in [6, 6.07) is 10.1. The first-order chi connectivity index (χ1) is 14.6. The van der Waals surface area contributed by atoms with Crippen molar-refractivity contribution < 1.29 is 14.0 Å². The molecular formula is C21H16ClN5O3. The van der Waals surface area contributed by atoms with E-state index in [1.165, 1.54) is 6.26 Å². The van der Waals surface area contributed by atoms with Gasteiger partial charge in [0.15, 0.2) is 11.4 Å². The van der Waals surface area contributed by atoms with Gasteiger partial charge in [-0.3, -0.25) is 9.59 Å². The Labute approximate surface area is 175 Å². The Bertz CT molecular complexity index is 1260. The summed E-state index contributed by atoms with van der Waals surface area (Å²) >= 11 is 6.37. The Kier molecular flexibility index (Phi) is 4.48. The number of imidazole rings is 1. The molecule has 0 atom stereocenters. The topological polar surface area (TPSA) is 113 Å². The first-order valence-corrected chi connectivity index (χ1v) is 9.76. The van der Waals surface area contributed by atoms with Crippen LogP contribution in [0.2, 0.25) is 5.02 Å². The minimum atomic E-state index is -0.365. The van der Waals surface area contributed by atoms with Crippen molar-refractivity contribution in [1.82, 2.24) is 15.0 Å². The van der Waals surface area contributed by atoms with Crippen molar-refractivity contribution in [3.63, 3.8) is 0 Å². The van der Waals surface area contributed by atoms with Crippen LogP contribution in [-0.2, 0) is 4.79 Å². The van der Waals surface area contributed by atoms with E-state index in [0.29, 0.717) is 38.9 Å². The molecule has 8 nitrogen and oxygen atoms in total. The third kappa shape index (κ3) is 3.65. The van der Waals surface area contributed by atoms with Gasteiger partial charge in [-0.05, 0) is 49.2 Å². The summed E-state index contributed by atoms with van der Waals surface area (Å²) < 4.78 is 5.11. The Morgan fingerprint density at radius 2 is 2.00 bits per heavy atom. The van der Waals surface area contributed by atoms with Crippen LogP contribution in [0.1, 0.15) is 23.4 Å². The van der Waals surface area contributed by atoms with E-state index in [9.17, 15) is 9.59 Å². The maximum absolute atomic E-state index is 12.2. The van der Waals surface area contributed by atoms with Crippen molar-refractivity contribution in [3.8, 4) is 11.4 Å². The first-order valence-electron chi connectivity index (χ1n) is 9.38. The zero-order valence-electron chi connectivity index (χ0n) is 15.6. The number of rotatable bonds is 5. The molecule has 1 saturated carbocycles. The highest BCUT2D eigenvalue weighted by molar-refractivity contribution is 6.33. The number of fused-ring (bicyclic) bond motifs is 1. The Hall–Kier alpha value is -3.65. The quantitative estimate of drug-likeness (QED) is 0.440. The lowest BCUT2D eigenvalue weighted by Crippen LogP contribution is -2.13. The fourth-order valence-corrected chi connectivity index (χ4v) is 3.28. The Morgan fingerprint density at radius 3 is 2.77 bits per heavy atom. The second kappa shape index (κ2) is 7.31. The zero-order valence-corrected chi connectivity index (χ0v) is 16.4. The fraction of sp³-hybridized carbons (Fsp3) is 0.143. The number of furan rings is 1. The van der Waals surface area contributed by atoms with Crippen molar-refractivity contribution in [3.05, 3.63) is 59.6 Å². The Morgan fingerprint density at radius 1 is 1.13 bits per heavy atom. The number of hydrogen-bond acceptors (Lipinski definition) is 5. The van der Waals surface area contributed by atoms with Gasteiger partial charge in [-0.2, -0.15) is 0 Å². The van der Waals surface area contributed by atoms with Crippen LogP contribution in [0.3, 0.4) is 0 Å². The van der Waals surface area contributed by atoms with E-state index in [4.69, 9.17) is 16.0 Å². The molecule has 0 unspecified atom stereocenters. The lowest BCUT2D eigenvalue weighted by molar-refractivity contribution is -0.117. The zero-order chi connectivity index (χ0) is 20.7. The molecule has 30 heavy (non-hydrogen) atoms. The van der Waals surface area contributed by atoms with Gasteiger partial charge in [0, 0.05) is 17.2 Å². The lowest BCUT2D eigenvalue weighted by atomic mass is 10.2. The number of nitrogens with zero attached hydrogens (tertiary/aromatic N) is 2. The van der Waals surface area contributed by atoms with Crippen molar-refractivity contribution in [2.45, 2.75) is 12.8 Å². The summed E-state index contributed by atoms with van der Waals surface area (Å²) in [5.74, 6) is 0.466. The molecule has 1 aliphatic rings. The van der Waals surface area contributed by atoms with Crippen LogP contribution in [0.4, 0.5) is 11.4 Å². The summed E-state index contributed by atoms with van der Waals surface area (Å²) in [6.45, 7) is 0. The smallest absolute Gasteiger partial charge is 0.291 e. The summed E-state index contributed by atoms with van der Waals surface area (Å²) in [7, 11) is 0. The van der Waals surface area contributed by atoms with Gasteiger partial charge in [-0.1, -0.05) is 11.6 Å². The van der Waals surface area contributed by atoms with Crippen molar-refractivity contribution in [2.24, 2.45) is 5.92 Å². The number of aromatic nitrogens is 3. The third-order valence-corrected chi connectivity index (χ3v) is 5.11. The molecule has 9 heteroatoms. The van der Waals surface area contributed by atoms with Crippen molar-refractivity contribution >= 4 is 46.0 Å². The highest BCUT2D eigenvalue weighted by atomic mass is 35.5. The molecule has 0 aliphatic heterocycles. The number of benzene rings is 1. The predicted octanol–water partition coefficient (Wildman–Crippen LogP) is 4.47. The summed E-state index contributed by atoms with van der Waals surface area (Å²) in [5, 5.41) is 6.10. The van der Waals surface area contributed by atoms with Crippen LogP contribution in [0, 0.1) is 5.92 Å². The number of pyridine rings is 1. The number of amides is 2. The molecule has 1 aliphatic carbocycles. The molecule has 0 bridgehead atoms. The summed E-state index contributed by atoms with van der Waals surface area (Å²) in [4.78, 5) is 36.2. The second-order valence-electron chi connectivity index (χ2n) is 7.07. The Balaban J connectivity index is 1.42. The number of carbonyl (C=O) groups excluding carboxylic acids is 2. The van der Waals surface area contributed by atoms with E-state index in [-0.39, 0.29) is 23.5 Å². The van der Waals surface area contributed by atoms with E-state index in [1.807, 2.05) is 0 Å². The van der Waals surface area contributed by atoms with E-state index in [0.717, 1.165) is 12.8 Å². The molecule has 0 saturated heterocycles. The van der Waals surface area contributed by atoms with Crippen LogP contribution in [0.25, 0.3) is 22.6 Å². The van der Waals surface area contributed by atoms with Crippen LogP contribution >= 0.6 is 11.6 Å².